The first-order valence-corrected chi connectivity index (χ1v) is 8.56. The van der Waals surface area contributed by atoms with Gasteiger partial charge in [0.2, 0.25) is 0 Å². The Hall–Kier alpha value is -1.59. The van der Waals surface area contributed by atoms with Crippen LogP contribution in [0.2, 0.25) is 0 Å². The van der Waals surface area contributed by atoms with E-state index in [-0.39, 0.29) is 5.97 Å². The molecule has 3 rings (SSSR count). The summed E-state index contributed by atoms with van der Waals surface area (Å²) in [6.45, 7) is 1.38. The number of benzene rings is 2. The number of hydrogen-bond donors (Lipinski definition) is 0. The normalized spacial score (nSPS) is 10.9. The van der Waals surface area contributed by atoms with E-state index in [0.29, 0.717) is 15.6 Å². The van der Waals surface area contributed by atoms with Crippen LogP contribution in [0.5, 0.6) is 5.75 Å². The molecule has 112 valence electrons. The van der Waals surface area contributed by atoms with Crippen molar-refractivity contribution < 1.29 is 13.9 Å². The molecule has 5 heteroatoms. The summed E-state index contributed by atoms with van der Waals surface area (Å²) in [6.07, 6.45) is 0. The Bertz CT molecular complexity index is 838. The number of esters is 1. The van der Waals surface area contributed by atoms with Crippen molar-refractivity contribution in [3.8, 4) is 16.9 Å². The van der Waals surface area contributed by atoms with Crippen LogP contribution in [-0.4, -0.2) is 5.97 Å². The van der Waals surface area contributed by atoms with Crippen LogP contribution in [-0.2, 0) is 10.1 Å². The van der Waals surface area contributed by atoms with Gasteiger partial charge in [0.25, 0.3) is 0 Å². The van der Waals surface area contributed by atoms with Crippen molar-refractivity contribution in [2.75, 3.05) is 0 Å². The highest BCUT2D eigenvalue weighted by molar-refractivity contribution is 9.10. The molecule has 0 fully saturated rings. The Morgan fingerprint density at radius 1 is 1.23 bits per heavy atom. The van der Waals surface area contributed by atoms with E-state index >= 15 is 0 Å². The zero-order valence-electron chi connectivity index (χ0n) is 11.7. The van der Waals surface area contributed by atoms with Crippen molar-refractivity contribution in [2.45, 2.75) is 12.3 Å². The summed E-state index contributed by atoms with van der Waals surface area (Å²) in [7, 11) is 0. The number of furan rings is 1. The molecular formula is C17H12Br2O3. The first kappa shape index (κ1) is 15.3. The molecule has 0 spiro atoms. The number of alkyl halides is 1. The molecule has 0 saturated heterocycles. The number of fused-ring (bicyclic) bond motifs is 1. The monoisotopic (exact) mass is 422 g/mol. The number of ether oxygens (including phenoxy) is 1. The molecule has 0 bridgehead atoms. The summed E-state index contributed by atoms with van der Waals surface area (Å²) >= 11 is 6.88. The summed E-state index contributed by atoms with van der Waals surface area (Å²) in [5, 5.41) is 1.52. The largest absolute Gasteiger partial charge is 0.459 e. The Labute approximate surface area is 144 Å². The first-order valence-electron chi connectivity index (χ1n) is 6.65. The standard InChI is InChI=1S/C17H12Br2O3/c1-10(20)21-15-7-12-14(8-13(15)19)22-16(9-18)17(12)11-5-3-2-4-6-11/h2-8H,9H2,1H3. The van der Waals surface area contributed by atoms with Crippen LogP contribution in [0, 0.1) is 0 Å². The number of carbonyl (C=O) groups is 1. The second-order valence-corrected chi connectivity index (χ2v) is 6.19. The lowest BCUT2D eigenvalue weighted by Crippen LogP contribution is -2.01. The van der Waals surface area contributed by atoms with Crippen LogP contribution in [0.15, 0.2) is 51.4 Å². The summed E-state index contributed by atoms with van der Waals surface area (Å²) in [5.74, 6) is 0.970. The third-order valence-electron chi connectivity index (χ3n) is 3.25. The predicted molar refractivity (Wildman–Crippen MR) is 93.3 cm³/mol. The van der Waals surface area contributed by atoms with E-state index in [9.17, 15) is 4.79 Å². The molecule has 1 heterocycles. The minimum Gasteiger partial charge on any atom is -0.459 e. The summed E-state index contributed by atoms with van der Waals surface area (Å²) in [5.41, 5.74) is 2.82. The number of halogens is 2. The highest BCUT2D eigenvalue weighted by Gasteiger charge is 2.18. The van der Waals surface area contributed by atoms with Gasteiger partial charge in [0.15, 0.2) is 0 Å². The molecule has 0 N–H and O–H groups in total. The molecule has 0 saturated carbocycles. The second-order valence-electron chi connectivity index (χ2n) is 4.77. The second kappa shape index (κ2) is 6.26. The van der Waals surface area contributed by atoms with Crippen molar-refractivity contribution in [2.24, 2.45) is 0 Å². The Balaban J connectivity index is 2.27. The van der Waals surface area contributed by atoms with E-state index in [4.69, 9.17) is 9.15 Å². The van der Waals surface area contributed by atoms with E-state index in [1.807, 2.05) is 42.5 Å². The maximum absolute atomic E-state index is 11.2. The molecule has 2 aromatic carbocycles. The van der Waals surface area contributed by atoms with Crippen LogP contribution in [0.25, 0.3) is 22.1 Å². The van der Waals surface area contributed by atoms with Crippen LogP contribution in [0.4, 0.5) is 0 Å². The molecule has 3 aromatic rings. The third kappa shape index (κ3) is 2.83. The lowest BCUT2D eigenvalue weighted by Gasteiger charge is -2.05. The lowest BCUT2D eigenvalue weighted by atomic mass is 10.0. The molecule has 0 aliphatic carbocycles. The molecule has 0 unspecified atom stereocenters. The Kier molecular flexibility index (Phi) is 4.36. The summed E-state index contributed by atoms with van der Waals surface area (Å²) in [4.78, 5) is 11.2. The molecule has 3 nitrogen and oxygen atoms in total. The fraction of sp³-hybridized carbons (Fsp3) is 0.118. The summed E-state index contributed by atoms with van der Waals surface area (Å²) < 4.78 is 11.9. The van der Waals surface area contributed by atoms with E-state index in [1.54, 1.807) is 0 Å². The zero-order chi connectivity index (χ0) is 15.7. The van der Waals surface area contributed by atoms with Gasteiger partial charge in [-0.25, -0.2) is 0 Å². The average molecular weight is 424 g/mol. The maximum Gasteiger partial charge on any atom is 0.308 e. The predicted octanol–water partition coefficient (Wildman–Crippen LogP) is 5.68. The fourth-order valence-corrected chi connectivity index (χ4v) is 3.20. The van der Waals surface area contributed by atoms with Crippen molar-refractivity contribution in [3.63, 3.8) is 0 Å². The number of carbonyl (C=O) groups excluding carboxylic acids is 1. The van der Waals surface area contributed by atoms with Crippen molar-refractivity contribution in [3.05, 3.63) is 52.7 Å². The van der Waals surface area contributed by atoms with Gasteiger partial charge < -0.3 is 9.15 Å². The van der Waals surface area contributed by atoms with Gasteiger partial charge in [0, 0.05) is 17.9 Å². The molecular weight excluding hydrogens is 412 g/mol. The highest BCUT2D eigenvalue weighted by Crippen LogP contribution is 2.40. The average Bonchev–Trinajstić information content (AvgIpc) is 2.85. The molecule has 0 radical (unpaired) electrons. The molecule has 0 amide bonds. The van der Waals surface area contributed by atoms with E-state index in [0.717, 1.165) is 27.9 Å². The van der Waals surface area contributed by atoms with Crippen molar-refractivity contribution >= 4 is 48.8 Å². The van der Waals surface area contributed by atoms with E-state index in [1.165, 1.54) is 6.92 Å². The topological polar surface area (TPSA) is 39.4 Å². The quantitative estimate of drug-likeness (QED) is 0.309. The van der Waals surface area contributed by atoms with Gasteiger partial charge in [-0.3, -0.25) is 4.79 Å². The smallest absolute Gasteiger partial charge is 0.308 e. The maximum atomic E-state index is 11.2. The SMILES string of the molecule is CC(=O)Oc1cc2c(-c3ccccc3)c(CBr)oc2cc1Br. The minimum atomic E-state index is -0.356. The van der Waals surface area contributed by atoms with Crippen molar-refractivity contribution in [1.82, 2.24) is 0 Å². The summed E-state index contributed by atoms with van der Waals surface area (Å²) in [6, 6.07) is 13.7. The molecule has 0 atom stereocenters. The fourth-order valence-electron chi connectivity index (χ4n) is 2.40. The zero-order valence-corrected chi connectivity index (χ0v) is 14.9. The number of hydrogen-bond acceptors (Lipinski definition) is 3. The minimum absolute atomic E-state index is 0.356. The van der Waals surface area contributed by atoms with Gasteiger partial charge in [-0.2, -0.15) is 0 Å². The van der Waals surface area contributed by atoms with Crippen LogP contribution >= 0.6 is 31.9 Å². The highest BCUT2D eigenvalue weighted by atomic mass is 79.9. The van der Waals surface area contributed by atoms with E-state index < -0.39 is 0 Å². The van der Waals surface area contributed by atoms with Crippen molar-refractivity contribution in [1.29, 1.82) is 0 Å². The molecule has 1 aromatic heterocycles. The Morgan fingerprint density at radius 3 is 2.59 bits per heavy atom. The van der Waals surface area contributed by atoms with Crippen LogP contribution in [0.3, 0.4) is 0 Å². The molecule has 0 aliphatic heterocycles. The van der Waals surface area contributed by atoms with Crippen LogP contribution < -0.4 is 4.74 Å². The van der Waals surface area contributed by atoms with E-state index in [2.05, 4.69) is 31.9 Å². The van der Waals surface area contributed by atoms with Gasteiger partial charge in [0.05, 0.1) is 9.80 Å². The van der Waals surface area contributed by atoms with Gasteiger partial charge in [-0.05, 0) is 33.6 Å². The van der Waals surface area contributed by atoms with Gasteiger partial charge in [-0.1, -0.05) is 46.3 Å². The number of rotatable bonds is 3. The molecule has 22 heavy (non-hydrogen) atoms. The van der Waals surface area contributed by atoms with Crippen LogP contribution in [0.1, 0.15) is 12.7 Å². The van der Waals surface area contributed by atoms with Gasteiger partial charge in [-0.15, -0.1) is 0 Å². The lowest BCUT2D eigenvalue weighted by molar-refractivity contribution is -0.131. The van der Waals surface area contributed by atoms with Gasteiger partial charge in [0.1, 0.15) is 17.1 Å². The molecule has 0 aliphatic rings. The third-order valence-corrected chi connectivity index (χ3v) is 4.38. The first-order chi connectivity index (χ1) is 10.6. The van der Waals surface area contributed by atoms with Gasteiger partial charge >= 0.3 is 5.97 Å². The Morgan fingerprint density at radius 2 is 1.95 bits per heavy atom.